The first-order valence-electron chi connectivity index (χ1n) is 7.94. The lowest BCUT2D eigenvalue weighted by Gasteiger charge is -2.18. The van der Waals surface area contributed by atoms with Crippen molar-refractivity contribution in [3.05, 3.63) is 77.6 Å². The van der Waals surface area contributed by atoms with E-state index in [1.54, 1.807) is 18.2 Å². The molecular weight excluding hydrogens is 320 g/mol. The van der Waals surface area contributed by atoms with Crippen LogP contribution in [0.1, 0.15) is 12.5 Å². The number of allylic oxidation sites excluding steroid dienone is 1. The van der Waals surface area contributed by atoms with E-state index < -0.39 is 18.2 Å². The number of carbonyl (C=O) groups excluding carboxylic acids is 1. The Balaban J connectivity index is 1.84. The van der Waals surface area contributed by atoms with Crippen molar-refractivity contribution in [2.24, 2.45) is 0 Å². The van der Waals surface area contributed by atoms with Gasteiger partial charge in [0.15, 0.2) is 0 Å². The summed E-state index contributed by atoms with van der Waals surface area (Å²) in [5.74, 6) is -0.107. The molecule has 1 aromatic carbocycles. The number of hydrogen-bond donors (Lipinski definition) is 2. The van der Waals surface area contributed by atoms with Gasteiger partial charge in [-0.15, -0.1) is 0 Å². The van der Waals surface area contributed by atoms with Gasteiger partial charge >= 0.3 is 5.97 Å². The molecule has 0 saturated heterocycles. The summed E-state index contributed by atoms with van der Waals surface area (Å²) in [5.41, 5.74) is 2.01. The topological polar surface area (TPSA) is 76.0 Å². The third-order valence-electron chi connectivity index (χ3n) is 3.43. The Morgan fingerprint density at radius 3 is 2.64 bits per heavy atom. The van der Waals surface area contributed by atoms with Crippen LogP contribution in [0.4, 0.5) is 0 Å². The van der Waals surface area contributed by atoms with Gasteiger partial charge in [-0.05, 0) is 36.3 Å². The summed E-state index contributed by atoms with van der Waals surface area (Å²) in [6, 6.07) is 9.69. The van der Waals surface area contributed by atoms with Crippen molar-refractivity contribution in [1.29, 1.82) is 0 Å². The highest BCUT2D eigenvalue weighted by molar-refractivity contribution is 5.86. The highest BCUT2D eigenvalue weighted by Gasteiger charge is 2.15. The molecule has 132 valence electrons. The van der Waals surface area contributed by atoms with Gasteiger partial charge in [0.2, 0.25) is 0 Å². The van der Waals surface area contributed by atoms with E-state index >= 15 is 0 Å². The van der Waals surface area contributed by atoms with Crippen LogP contribution in [-0.4, -0.2) is 41.6 Å². The molecule has 1 aliphatic carbocycles. The van der Waals surface area contributed by atoms with E-state index in [1.165, 1.54) is 6.92 Å². The lowest BCUT2D eigenvalue weighted by atomic mass is 10.0. The molecule has 5 heteroatoms. The predicted octanol–water partition coefficient (Wildman–Crippen LogP) is 2.38. The Morgan fingerprint density at radius 1 is 1.28 bits per heavy atom. The Hall–Kier alpha value is -2.63. The number of hydrogen-bond acceptors (Lipinski definition) is 5. The van der Waals surface area contributed by atoms with Crippen LogP contribution in [0.25, 0.3) is 6.08 Å². The molecule has 25 heavy (non-hydrogen) atoms. The fourth-order valence-corrected chi connectivity index (χ4v) is 2.09. The van der Waals surface area contributed by atoms with Crippen molar-refractivity contribution in [2.75, 3.05) is 13.2 Å². The molecule has 0 heterocycles. The van der Waals surface area contributed by atoms with E-state index in [4.69, 9.17) is 9.47 Å². The fraction of sp³-hybridized carbons (Fsp3) is 0.250. The van der Waals surface area contributed by atoms with E-state index in [-0.39, 0.29) is 18.8 Å². The normalized spacial score (nSPS) is 19.2. The number of aliphatic hydroxyl groups is 2. The van der Waals surface area contributed by atoms with Gasteiger partial charge in [-0.2, -0.15) is 0 Å². The summed E-state index contributed by atoms with van der Waals surface area (Å²) in [5, 5.41) is 20.0. The van der Waals surface area contributed by atoms with Gasteiger partial charge in [0.1, 0.15) is 31.2 Å². The molecule has 5 nitrogen and oxygen atoms in total. The van der Waals surface area contributed by atoms with Gasteiger partial charge in [-0.1, -0.05) is 43.0 Å². The summed E-state index contributed by atoms with van der Waals surface area (Å²) in [7, 11) is 0. The summed E-state index contributed by atoms with van der Waals surface area (Å²) >= 11 is 0. The number of aliphatic hydroxyl groups excluding tert-OH is 2. The van der Waals surface area contributed by atoms with Gasteiger partial charge in [0.05, 0.1) is 0 Å². The Bertz CT molecular complexity index is 700. The van der Waals surface area contributed by atoms with Crippen molar-refractivity contribution in [3.63, 3.8) is 0 Å². The van der Waals surface area contributed by atoms with Crippen molar-refractivity contribution in [2.45, 2.75) is 19.1 Å². The van der Waals surface area contributed by atoms with Crippen LogP contribution < -0.4 is 0 Å². The maximum Gasteiger partial charge on any atom is 0.333 e. The van der Waals surface area contributed by atoms with E-state index in [0.717, 1.165) is 11.1 Å². The van der Waals surface area contributed by atoms with Crippen LogP contribution >= 0.6 is 0 Å². The molecular formula is C20H22O5. The second kappa shape index (κ2) is 9.01. The third kappa shape index (κ3) is 6.06. The zero-order valence-electron chi connectivity index (χ0n) is 14.1. The average Bonchev–Trinajstić information content (AvgIpc) is 2.60. The molecule has 0 aromatic heterocycles. The molecule has 0 bridgehead atoms. The van der Waals surface area contributed by atoms with Gasteiger partial charge < -0.3 is 19.7 Å². The summed E-state index contributed by atoms with van der Waals surface area (Å²) < 4.78 is 10.3. The Kier molecular flexibility index (Phi) is 6.74. The fourth-order valence-electron chi connectivity index (χ4n) is 2.09. The van der Waals surface area contributed by atoms with Crippen LogP contribution in [0.3, 0.4) is 0 Å². The third-order valence-corrected chi connectivity index (χ3v) is 3.43. The van der Waals surface area contributed by atoms with Crippen molar-refractivity contribution in [1.82, 2.24) is 0 Å². The van der Waals surface area contributed by atoms with Gasteiger partial charge in [-0.3, -0.25) is 0 Å². The van der Waals surface area contributed by atoms with Crippen LogP contribution in [0.2, 0.25) is 0 Å². The summed E-state index contributed by atoms with van der Waals surface area (Å²) in [6.45, 7) is 4.76. The Labute approximate surface area is 147 Å². The monoisotopic (exact) mass is 342 g/mol. The van der Waals surface area contributed by atoms with Gasteiger partial charge in [-0.25, -0.2) is 4.79 Å². The molecule has 0 radical (unpaired) electrons. The average molecular weight is 342 g/mol. The molecule has 0 saturated carbocycles. The van der Waals surface area contributed by atoms with E-state index in [9.17, 15) is 15.0 Å². The van der Waals surface area contributed by atoms with E-state index in [1.807, 2.05) is 36.4 Å². The number of rotatable bonds is 7. The van der Waals surface area contributed by atoms with Crippen LogP contribution in [-0.2, 0) is 14.3 Å². The van der Waals surface area contributed by atoms with E-state index in [2.05, 4.69) is 6.58 Å². The minimum absolute atomic E-state index is 0.0515. The molecule has 1 aromatic rings. The highest BCUT2D eigenvalue weighted by Crippen LogP contribution is 2.20. The van der Waals surface area contributed by atoms with Gasteiger partial charge in [0.25, 0.3) is 0 Å². The number of esters is 1. The number of ether oxygens (including phenoxy) is 2. The summed E-state index contributed by atoms with van der Waals surface area (Å²) in [4.78, 5) is 11.2. The molecule has 2 N–H and O–H groups in total. The minimum Gasteiger partial charge on any atom is -0.491 e. The first-order chi connectivity index (χ1) is 12.0. The van der Waals surface area contributed by atoms with Crippen LogP contribution in [0.5, 0.6) is 0 Å². The lowest BCUT2D eigenvalue weighted by molar-refractivity contribution is -0.142. The second-order valence-electron chi connectivity index (χ2n) is 5.75. The molecule has 0 amide bonds. The smallest absolute Gasteiger partial charge is 0.333 e. The van der Waals surface area contributed by atoms with Crippen LogP contribution in [0, 0.1) is 0 Å². The van der Waals surface area contributed by atoms with Crippen molar-refractivity contribution >= 4 is 12.0 Å². The van der Waals surface area contributed by atoms with Crippen molar-refractivity contribution in [3.8, 4) is 0 Å². The molecule has 2 rings (SSSR count). The molecule has 2 atom stereocenters. The number of carbonyl (C=O) groups is 1. The predicted molar refractivity (Wildman–Crippen MR) is 95.4 cm³/mol. The molecule has 0 aliphatic heterocycles. The van der Waals surface area contributed by atoms with E-state index in [0.29, 0.717) is 5.76 Å². The molecule has 2 unspecified atom stereocenters. The maximum atomic E-state index is 11.2. The van der Waals surface area contributed by atoms with Crippen molar-refractivity contribution < 1.29 is 24.5 Å². The van der Waals surface area contributed by atoms with Crippen LogP contribution in [0.15, 0.2) is 72.0 Å². The maximum absolute atomic E-state index is 11.2. The molecule has 0 spiro atoms. The largest absolute Gasteiger partial charge is 0.491 e. The first-order valence-corrected chi connectivity index (χ1v) is 7.94. The van der Waals surface area contributed by atoms with Gasteiger partial charge in [0, 0.05) is 5.57 Å². The summed E-state index contributed by atoms with van der Waals surface area (Å²) in [6.07, 6.45) is 5.17. The SMILES string of the molecule is C=C(C)C(=O)OCC(O)COC1=CC(O)C(=Cc2ccccc2)C=C1. The Morgan fingerprint density at radius 2 is 2.00 bits per heavy atom. The quantitative estimate of drug-likeness (QED) is 0.588. The standard InChI is InChI=1S/C20H22O5/c1-14(2)20(23)25-13-17(21)12-24-18-9-8-16(19(22)11-18)10-15-6-4-3-5-7-15/h3-11,17,19,21-22H,1,12-13H2,2H3. The first kappa shape index (κ1) is 18.7. The highest BCUT2D eigenvalue weighted by atomic mass is 16.5. The number of benzene rings is 1. The lowest BCUT2D eigenvalue weighted by Crippen LogP contribution is -2.24. The minimum atomic E-state index is -0.962. The molecule has 1 aliphatic rings. The zero-order valence-corrected chi connectivity index (χ0v) is 14.1. The zero-order chi connectivity index (χ0) is 18.2. The molecule has 0 fully saturated rings. The second-order valence-corrected chi connectivity index (χ2v) is 5.75.